The van der Waals surface area contributed by atoms with Crippen LogP contribution in [0.4, 0.5) is 0 Å². The summed E-state index contributed by atoms with van der Waals surface area (Å²) in [6.07, 6.45) is -4.12. The molecule has 2 heterocycles. The van der Waals surface area contributed by atoms with Gasteiger partial charge in [0.05, 0.1) is 6.61 Å². The highest BCUT2D eigenvalue weighted by atomic mass is 16.8. The van der Waals surface area contributed by atoms with Gasteiger partial charge in [0.25, 0.3) is 0 Å². The van der Waals surface area contributed by atoms with Crippen LogP contribution in [0.15, 0.2) is 0 Å². The third-order valence-electron chi connectivity index (χ3n) is 2.55. The molecular weight excluding hydrogens is 204 g/mol. The molecule has 2 saturated heterocycles. The predicted octanol–water partition coefficient (Wildman–Crippen LogP) is -1.21. The first-order valence-electron chi connectivity index (χ1n) is 4.79. The molecule has 2 N–H and O–H groups in total. The van der Waals surface area contributed by atoms with Gasteiger partial charge in [-0.05, 0) is 13.8 Å². The molecule has 15 heavy (non-hydrogen) atoms. The Bertz CT molecular complexity index is 276. The molecule has 0 unspecified atom stereocenters. The van der Waals surface area contributed by atoms with Crippen molar-refractivity contribution in [3.05, 3.63) is 0 Å². The zero-order valence-electron chi connectivity index (χ0n) is 8.54. The minimum Gasteiger partial charge on any atom is -0.455 e. The van der Waals surface area contributed by atoms with Crippen LogP contribution in [0, 0.1) is 0 Å². The predicted molar refractivity (Wildman–Crippen MR) is 46.8 cm³/mol. The number of aliphatic hydroxyl groups excluding tert-OH is 2. The topological polar surface area (TPSA) is 85.2 Å². The van der Waals surface area contributed by atoms with Gasteiger partial charge in [0.1, 0.15) is 12.2 Å². The maximum Gasteiger partial charge on any atom is 0.338 e. The molecule has 0 aromatic carbocycles. The lowest BCUT2D eigenvalue weighted by atomic mass is 10.1. The third kappa shape index (κ3) is 1.85. The van der Waals surface area contributed by atoms with Crippen molar-refractivity contribution in [3.63, 3.8) is 0 Å². The summed E-state index contributed by atoms with van der Waals surface area (Å²) in [6, 6.07) is 0. The van der Waals surface area contributed by atoms with Crippen LogP contribution >= 0.6 is 0 Å². The van der Waals surface area contributed by atoms with Crippen molar-refractivity contribution in [1.82, 2.24) is 0 Å². The van der Waals surface area contributed by atoms with Crippen LogP contribution in [0.5, 0.6) is 0 Å². The Kier molecular flexibility index (Phi) is 2.46. The first-order chi connectivity index (χ1) is 6.91. The molecule has 2 aliphatic rings. The molecule has 6 heteroatoms. The van der Waals surface area contributed by atoms with Crippen molar-refractivity contribution < 1.29 is 29.2 Å². The number of rotatable bonds is 1. The zero-order chi connectivity index (χ0) is 11.2. The first kappa shape index (κ1) is 10.8. The van der Waals surface area contributed by atoms with E-state index in [0.29, 0.717) is 0 Å². The molecule has 0 aliphatic carbocycles. The number of carbonyl (C=O) groups excluding carboxylic acids is 1. The van der Waals surface area contributed by atoms with Crippen molar-refractivity contribution in [2.24, 2.45) is 0 Å². The molecule has 4 atom stereocenters. The second-order valence-corrected chi connectivity index (χ2v) is 4.20. The van der Waals surface area contributed by atoms with E-state index in [1.165, 1.54) is 0 Å². The standard InChI is InChI=1S/C9H14O6/c1-9(2)13-3-4(15-9)7-5(10)6(11)8(12)14-7/h4-7,10-11H,3H2,1-2H3/t4-,5-,6-,7+/m1/s1. The average molecular weight is 218 g/mol. The van der Waals surface area contributed by atoms with Gasteiger partial charge in [-0.3, -0.25) is 0 Å². The highest BCUT2D eigenvalue weighted by molar-refractivity contribution is 5.77. The fraction of sp³-hybridized carbons (Fsp3) is 0.889. The van der Waals surface area contributed by atoms with Gasteiger partial charge in [0.2, 0.25) is 0 Å². The Morgan fingerprint density at radius 1 is 1.40 bits per heavy atom. The molecular formula is C9H14O6. The van der Waals surface area contributed by atoms with E-state index < -0.39 is 36.2 Å². The number of aliphatic hydroxyl groups is 2. The third-order valence-corrected chi connectivity index (χ3v) is 2.55. The molecule has 0 spiro atoms. The fourth-order valence-electron chi connectivity index (χ4n) is 1.77. The monoisotopic (exact) mass is 218 g/mol. The molecule has 0 radical (unpaired) electrons. The van der Waals surface area contributed by atoms with Gasteiger partial charge in [0.15, 0.2) is 18.0 Å². The molecule has 0 aromatic heterocycles. The Balaban J connectivity index is 2.04. The second kappa shape index (κ2) is 3.41. The first-order valence-corrected chi connectivity index (χ1v) is 4.79. The highest BCUT2D eigenvalue weighted by Gasteiger charge is 2.50. The van der Waals surface area contributed by atoms with E-state index in [0.717, 1.165) is 0 Å². The van der Waals surface area contributed by atoms with Crippen LogP contribution in [0.25, 0.3) is 0 Å². The molecule has 2 aliphatic heterocycles. The van der Waals surface area contributed by atoms with Gasteiger partial charge in [-0.15, -0.1) is 0 Å². The van der Waals surface area contributed by atoms with Crippen LogP contribution in [-0.2, 0) is 19.0 Å². The molecule has 2 rings (SSSR count). The van der Waals surface area contributed by atoms with Crippen LogP contribution in [0.3, 0.4) is 0 Å². The summed E-state index contributed by atoms with van der Waals surface area (Å²) in [4.78, 5) is 11.0. The van der Waals surface area contributed by atoms with E-state index in [1.807, 2.05) is 0 Å². The summed E-state index contributed by atoms with van der Waals surface area (Å²) in [5.74, 6) is -1.56. The Hall–Kier alpha value is -0.690. The van der Waals surface area contributed by atoms with Crippen LogP contribution in [-0.4, -0.2) is 53.0 Å². The summed E-state index contributed by atoms with van der Waals surface area (Å²) in [6.45, 7) is 3.69. The summed E-state index contributed by atoms with van der Waals surface area (Å²) >= 11 is 0. The number of esters is 1. The van der Waals surface area contributed by atoms with Crippen molar-refractivity contribution in [2.45, 2.75) is 44.1 Å². The molecule has 0 saturated carbocycles. The average Bonchev–Trinajstić information content (AvgIpc) is 2.62. The smallest absolute Gasteiger partial charge is 0.338 e. The van der Waals surface area contributed by atoms with E-state index in [9.17, 15) is 15.0 Å². The summed E-state index contributed by atoms with van der Waals surface area (Å²) in [7, 11) is 0. The van der Waals surface area contributed by atoms with E-state index in [1.54, 1.807) is 13.8 Å². The van der Waals surface area contributed by atoms with Gasteiger partial charge >= 0.3 is 5.97 Å². The SMILES string of the molecule is CC1(C)OC[C@H]([C@@H]2OC(=O)[C@H](O)[C@H]2O)O1. The zero-order valence-corrected chi connectivity index (χ0v) is 8.54. The summed E-state index contributed by atoms with van der Waals surface area (Å²) < 4.78 is 15.5. The van der Waals surface area contributed by atoms with Crippen LogP contribution in [0.2, 0.25) is 0 Å². The molecule has 2 fully saturated rings. The van der Waals surface area contributed by atoms with E-state index in [2.05, 4.69) is 0 Å². The lowest BCUT2D eigenvalue weighted by Gasteiger charge is -2.21. The van der Waals surface area contributed by atoms with Gasteiger partial charge in [-0.1, -0.05) is 0 Å². The van der Waals surface area contributed by atoms with Crippen LogP contribution < -0.4 is 0 Å². The minimum atomic E-state index is -1.48. The lowest BCUT2D eigenvalue weighted by Crippen LogP contribution is -2.40. The van der Waals surface area contributed by atoms with E-state index in [4.69, 9.17) is 14.2 Å². The number of carbonyl (C=O) groups is 1. The Morgan fingerprint density at radius 2 is 2.07 bits per heavy atom. The maximum atomic E-state index is 11.0. The van der Waals surface area contributed by atoms with Gasteiger partial charge in [0, 0.05) is 0 Å². The van der Waals surface area contributed by atoms with Crippen molar-refractivity contribution >= 4 is 5.97 Å². The van der Waals surface area contributed by atoms with Crippen LogP contribution in [0.1, 0.15) is 13.8 Å². The van der Waals surface area contributed by atoms with E-state index in [-0.39, 0.29) is 6.61 Å². The van der Waals surface area contributed by atoms with E-state index >= 15 is 0 Å². The molecule has 6 nitrogen and oxygen atoms in total. The van der Waals surface area contributed by atoms with Gasteiger partial charge < -0.3 is 24.4 Å². The second-order valence-electron chi connectivity index (χ2n) is 4.20. The number of cyclic esters (lactones) is 1. The fourth-order valence-corrected chi connectivity index (χ4v) is 1.77. The highest BCUT2D eigenvalue weighted by Crippen LogP contribution is 2.30. The lowest BCUT2D eigenvalue weighted by molar-refractivity contribution is -0.166. The molecule has 0 aromatic rings. The molecule has 0 amide bonds. The summed E-state index contributed by atoms with van der Waals surface area (Å²) in [5.41, 5.74) is 0. The van der Waals surface area contributed by atoms with Crippen molar-refractivity contribution in [2.75, 3.05) is 6.61 Å². The maximum absolute atomic E-state index is 11.0. The molecule has 86 valence electrons. The Morgan fingerprint density at radius 3 is 2.47 bits per heavy atom. The largest absolute Gasteiger partial charge is 0.455 e. The minimum absolute atomic E-state index is 0.231. The number of hydrogen-bond acceptors (Lipinski definition) is 6. The van der Waals surface area contributed by atoms with Gasteiger partial charge in [-0.25, -0.2) is 4.79 Å². The van der Waals surface area contributed by atoms with Crippen molar-refractivity contribution in [1.29, 1.82) is 0 Å². The normalized spacial score (nSPS) is 44.4. The molecule has 0 bridgehead atoms. The summed E-state index contributed by atoms with van der Waals surface area (Å²) in [5, 5.41) is 18.7. The Labute approximate surface area is 86.7 Å². The number of hydrogen-bond donors (Lipinski definition) is 2. The number of ether oxygens (including phenoxy) is 3. The quantitative estimate of drug-likeness (QED) is 0.537. The van der Waals surface area contributed by atoms with Gasteiger partial charge in [-0.2, -0.15) is 0 Å². The van der Waals surface area contributed by atoms with Crippen molar-refractivity contribution in [3.8, 4) is 0 Å².